The summed E-state index contributed by atoms with van der Waals surface area (Å²) in [5.74, 6) is -0.0439. The van der Waals surface area contributed by atoms with Gasteiger partial charge >= 0.3 is 0 Å². The molecule has 1 aliphatic rings. The monoisotopic (exact) mass is 377 g/mol. The minimum Gasteiger partial charge on any atom is -0.368 e. The Kier molecular flexibility index (Phi) is 5.43. The van der Waals surface area contributed by atoms with Crippen LogP contribution in [-0.4, -0.2) is 44.9 Å². The van der Waals surface area contributed by atoms with Crippen molar-refractivity contribution in [3.8, 4) is 22.4 Å². The van der Waals surface area contributed by atoms with Gasteiger partial charge in [-0.1, -0.05) is 0 Å². The molecular weight excluding hydrogens is 354 g/mol. The molecule has 1 atom stereocenters. The highest BCUT2D eigenvalue weighted by Crippen LogP contribution is 2.31. The summed E-state index contributed by atoms with van der Waals surface area (Å²) in [5, 5.41) is 7.53. The van der Waals surface area contributed by atoms with E-state index in [1.54, 1.807) is 12.4 Å². The molecule has 0 saturated carbocycles. The molecule has 28 heavy (non-hydrogen) atoms. The topological polar surface area (TPSA) is 81.9 Å². The first-order valence-electron chi connectivity index (χ1n) is 9.51. The van der Waals surface area contributed by atoms with E-state index >= 15 is 0 Å². The van der Waals surface area contributed by atoms with Gasteiger partial charge in [-0.25, -0.2) is 0 Å². The Labute approximate surface area is 163 Å². The number of ether oxygens (including phenoxy) is 1. The molecule has 144 valence electrons. The fourth-order valence-electron chi connectivity index (χ4n) is 3.39. The Hall–Kier alpha value is -3.06. The molecule has 1 fully saturated rings. The van der Waals surface area contributed by atoms with Crippen LogP contribution >= 0.6 is 0 Å². The van der Waals surface area contributed by atoms with Gasteiger partial charge in [-0.2, -0.15) is 5.10 Å². The van der Waals surface area contributed by atoms with E-state index in [0.29, 0.717) is 19.7 Å². The average molecular weight is 377 g/mol. The summed E-state index contributed by atoms with van der Waals surface area (Å²) < 4.78 is 7.35. The Morgan fingerprint density at radius 3 is 2.79 bits per heavy atom. The molecule has 0 radical (unpaired) electrons. The fraction of sp³-hybridized carbons (Fsp3) is 0.333. The third-order valence-corrected chi connectivity index (χ3v) is 4.86. The van der Waals surface area contributed by atoms with Gasteiger partial charge in [0.2, 0.25) is 5.91 Å². The van der Waals surface area contributed by atoms with Crippen molar-refractivity contribution in [1.82, 2.24) is 25.1 Å². The van der Waals surface area contributed by atoms with Gasteiger partial charge in [0.25, 0.3) is 0 Å². The highest BCUT2D eigenvalue weighted by molar-refractivity contribution is 5.81. The molecule has 1 N–H and O–H groups in total. The van der Waals surface area contributed by atoms with Gasteiger partial charge in [-0.15, -0.1) is 0 Å². The maximum atomic E-state index is 12.2. The van der Waals surface area contributed by atoms with Gasteiger partial charge in [0, 0.05) is 48.6 Å². The summed E-state index contributed by atoms with van der Waals surface area (Å²) in [5.41, 5.74) is 4.98. The lowest BCUT2D eigenvalue weighted by Crippen LogP contribution is -2.36. The minimum absolute atomic E-state index is 0.0439. The maximum absolute atomic E-state index is 12.2. The zero-order valence-electron chi connectivity index (χ0n) is 15.8. The summed E-state index contributed by atoms with van der Waals surface area (Å²) >= 11 is 0. The van der Waals surface area contributed by atoms with Crippen molar-refractivity contribution >= 4 is 5.91 Å². The number of carbonyl (C=O) groups is 1. The number of nitrogens with one attached hydrogen (secondary N) is 1. The van der Waals surface area contributed by atoms with Crippen LogP contribution in [-0.2, 0) is 16.1 Å². The summed E-state index contributed by atoms with van der Waals surface area (Å²) in [4.78, 5) is 20.7. The lowest BCUT2D eigenvalue weighted by Gasteiger charge is -2.13. The highest BCUT2D eigenvalue weighted by Gasteiger charge is 2.23. The second kappa shape index (κ2) is 8.31. The van der Waals surface area contributed by atoms with E-state index in [4.69, 9.17) is 4.74 Å². The fourth-order valence-corrected chi connectivity index (χ4v) is 3.39. The number of pyridine rings is 2. The van der Waals surface area contributed by atoms with Gasteiger partial charge in [0.1, 0.15) is 6.10 Å². The summed E-state index contributed by atoms with van der Waals surface area (Å²) in [6, 6.07) is 7.96. The van der Waals surface area contributed by atoms with Crippen molar-refractivity contribution in [2.24, 2.45) is 0 Å². The quantitative estimate of drug-likeness (QED) is 0.714. The molecule has 0 aliphatic carbocycles. The van der Waals surface area contributed by atoms with E-state index in [1.165, 1.54) is 0 Å². The summed E-state index contributed by atoms with van der Waals surface area (Å²) in [6.45, 7) is 3.68. The van der Waals surface area contributed by atoms with Gasteiger partial charge in [0.15, 0.2) is 0 Å². The largest absolute Gasteiger partial charge is 0.368 e. The van der Waals surface area contributed by atoms with Crippen molar-refractivity contribution in [2.45, 2.75) is 32.4 Å². The van der Waals surface area contributed by atoms with Crippen LogP contribution in [0.3, 0.4) is 0 Å². The standard InChI is InChI=1S/C21H23N5O2/c1-15-4-5-17(13-24-15)20-18(16-6-8-22-9-7-16)14-25-26(20)11-10-23-21(27)19-3-2-12-28-19/h4-9,13-14,19H,2-3,10-12H2,1H3,(H,23,27)/t19-/m1/s1. The number of amides is 1. The first-order valence-corrected chi connectivity index (χ1v) is 9.51. The highest BCUT2D eigenvalue weighted by atomic mass is 16.5. The molecule has 4 heterocycles. The molecule has 0 aromatic carbocycles. The average Bonchev–Trinajstić information content (AvgIpc) is 3.40. The second-order valence-corrected chi connectivity index (χ2v) is 6.85. The van der Waals surface area contributed by atoms with Crippen molar-refractivity contribution in [1.29, 1.82) is 0 Å². The molecule has 3 aromatic heterocycles. The number of aromatic nitrogens is 4. The maximum Gasteiger partial charge on any atom is 0.249 e. The molecule has 0 unspecified atom stereocenters. The van der Waals surface area contributed by atoms with Gasteiger partial charge < -0.3 is 10.1 Å². The molecule has 4 rings (SSSR count). The van der Waals surface area contributed by atoms with Gasteiger partial charge in [-0.3, -0.25) is 19.4 Å². The van der Waals surface area contributed by atoms with E-state index in [0.717, 1.165) is 40.9 Å². The third-order valence-electron chi connectivity index (χ3n) is 4.86. The lowest BCUT2D eigenvalue weighted by atomic mass is 10.0. The van der Waals surface area contributed by atoms with Crippen molar-refractivity contribution < 1.29 is 9.53 Å². The zero-order chi connectivity index (χ0) is 19.3. The van der Waals surface area contributed by atoms with Crippen LogP contribution in [0.4, 0.5) is 0 Å². The van der Waals surface area contributed by atoms with E-state index in [1.807, 2.05) is 48.3 Å². The number of rotatable bonds is 6. The normalized spacial score (nSPS) is 16.2. The molecule has 1 amide bonds. The minimum atomic E-state index is -0.314. The first kappa shape index (κ1) is 18.3. The second-order valence-electron chi connectivity index (χ2n) is 6.85. The van der Waals surface area contributed by atoms with Crippen LogP contribution in [0.5, 0.6) is 0 Å². The Balaban J connectivity index is 1.57. The first-order chi connectivity index (χ1) is 13.7. The summed E-state index contributed by atoms with van der Waals surface area (Å²) in [7, 11) is 0. The van der Waals surface area contributed by atoms with E-state index in [9.17, 15) is 4.79 Å². The number of hydrogen-bond acceptors (Lipinski definition) is 5. The van der Waals surface area contributed by atoms with Crippen molar-refractivity contribution in [3.05, 3.63) is 54.7 Å². The number of aryl methyl sites for hydroxylation is 1. The summed E-state index contributed by atoms with van der Waals surface area (Å²) in [6.07, 6.45) is 8.67. The predicted octanol–water partition coefficient (Wildman–Crippen LogP) is 2.61. The van der Waals surface area contributed by atoms with E-state index in [2.05, 4.69) is 20.4 Å². The van der Waals surface area contributed by atoms with Crippen molar-refractivity contribution in [3.63, 3.8) is 0 Å². The van der Waals surface area contributed by atoms with Gasteiger partial charge in [-0.05, 0) is 49.6 Å². The van der Waals surface area contributed by atoms with Crippen LogP contribution in [0.2, 0.25) is 0 Å². The smallest absolute Gasteiger partial charge is 0.249 e. The van der Waals surface area contributed by atoms with E-state index in [-0.39, 0.29) is 12.0 Å². The molecular formula is C21H23N5O2. The third kappa shape index (κ3) is 3.94. The van der Waals surface area contributed by atoms with Crippen LogP contribution in [0.25, 0.3) is 22.4 Å². The Morgan fingerprint density at radius 2 is 2.07 bits per heavy atom. The lowest BCUT2D eigenvalue weighted by molar-refractivity contribution is -0.130. The van der Waals surface area contributed by atoms with Crippen LogP contribution in [0.15, 0.2) is 49.1 Å². The van der Waals surface area contributed by atoms with Crippen molar-refractivity contribution in [2.75, 3.05) is 13.2 Å². The number of hydrogen-bond donors (Lipinski definition) is 1. The number of carbonyl (C=O) groups excluding carboxylic acids is 1. The SMILES string of the molecule is Cc1ccc(-c2c(-c3ccncc3)cnn2CCNC(=O)[C@H]2CCCO2)cn1. The Morgan fingerprint density at radius 1 is 1.21 bits per heavy atom. The molecule has 3 aromatic rings. The zero-order valence-corrected chi connectivity index (χ0v) is 15.8. The molecule has 1 saturated heterocycles. The molecule has 1 aliphatic heterocycles. The van der Waals surface area contributed by atoms with Gasteiger partial charge in [0.05, 0.1) is 18.4 Å². The molecule has 0 spiro atoms. The molecule has 0 bridgehead atoms. The molecule has 7 nitrogen and oxygen atoms in total. The van der Waals surface area contributed by atoms with Crippen LogP contribution in [0, 0.1) is 6.92 Å². The number of nitrogens with zero attached hydrogens (tertiary/aromatic N) is 4. The predicted molar refractivity (Wildman–Crippen MR) is 105 cm³/mol. The molecule has 7 heteroatoms. The van der Waals surface area contributed by atoms with E-state index < -0.39 is 0 Å². The van der Waals surface area contributed by atoms with Crippen LogP contribution in [0.1, 0.15) is 18.5 Å². The Bertz CT molecular complexity index is 931. The van der Waals surface area contributed by atoms with Crippen LogP contribution < -0.4 is 5.32 Å².